The van der Waals surface area contributed by atoms with Gasteiger partial charge in [-0.15, -0.1) is 11.8 Å². The number of rotatable bonds is 5. The molecule has 0 fully saturated rings. The average molecular weight is 374 g/mol. The molecule has 1 aromatic heterocycles. The lowest BCUT2D eigenvalue weighted by Gasteiger charge is -2.08. The molecule has 0 aliphatic carbocycles. The molecule has 3 rings (SSSR count). The van der Waals surface area contributed by atoms with Crippen LogP contribution in [-0.4, -0.2) is 21.6 Å². The second kappa shape index (κ2) is 7.72. The smallest absolute Gasteiger partial charge is 0.258 e. The molecule has 2 N–H and O–H groups in total. The molecule has 0 aliphatic heterocycles. The molecule has 128 valence electrons. The van der Waals surface area contributed by atoms with E-state index in [4.69, 9.17) is 11.6 Å². The number of halogens is 1. The molecule has 0 saturated carbocycles. The Kier molecular flexibility index (Phi) is 5.40. The zero-order valence-electron chi connectivity index (χ0n) is 13.5. The Morgan fingerprint density at radius 1 is 1.28 bits per heavy atom. The summed E-state index contributed by atoms with van der Waals surface area (Å²) in [6.07, 6.45) is 0. The van der Waals surface area contributed by atoms with Crippen molar-refractivity contribution in [3.8, 4) is 0 Å². The Hall–Kier alpha value is -2.31. The summed E-state index contributed by atoms with van der Waals surface area (Å²) in [7, 11) is 0. The summed E-state index contributed by atoms with van der Waals surface area (Å²) in [6.45, 7) is 1.89. The lowest BCUT2D eigenvalue weighted by Crippen LogP contribution is -2.16. The van der Waals surface area contributed by atoms with Crippen LogP contribution in [0.4, 0.5) is 5.69 Å². The van der Waals surface area contributed by atoms with Gasteiger partial charge in [0.25, 0.3) is 5.56 Å². The van der Waals surface area contributed by atoms with Crippen LogP contribution in [0.5, 0.6) is 0 Å². The van der Waals surface area contributed by atoms with Crippen molar-refractivity contribution in [3.63, 3.8) is 0 Å². The van der Waals surface area contributed by atoms with Crippen molar-refractivity contribution in [2.75, 3.05) is 11.1 Å². The highest BCUT2D eigenvalue weighted by Gasteiger charge is 2.07. The molecular formula is C18H16ClN3O2S. The highest BCUT2D eigenvalue weighted by Crippen LogP contribution is 2.20. The van der Waals surface area contributed by atoms with Gasteiger partial charge in [-0.25, -0.2) is 4.98 Å². The molecule has 0 bridgehead atoms. The van der Waals surface area contributed by atoms with Crippen LogP contribution in [0, 0.1) is 6.92 Å². The van der Waals surface area contributed by atoms with E-state index in [1.165, 1.54) is 11.8 Å². The van der Waals surface area contributed by atoms with E-state index in [9.17, 15) is 9.59 Å². The minimum atomic E-state index is -0.164. The third-order valence-electron chi connectivity index (χ3n) is 3.60. The summed E-state index contributed by atoms with van der Waals surface area (Å²) in [5, 5.41) is 4.05. The van der Waals surface area contributed by atoms with Crippen LogP contribution in [0.25, 0.3) is 10.9 Å². The largest absolute Gasteiger partial charge is 0.325 e. The van der Waals surface area contributed by atoms with Gasteiger partial charge in [0, 0.05) is 10.7 Å². The number of hydrogen-bond donors (Lipinski definition) is 2. The number of amides is 1. The van der Waals surface area contributed by atoms with Crippen LogP contribution in [0.2, 0.25) is 5.02 Å². The van der Waals surface area contributed by atoms with Gasteiger partial charge in [0.15, 0.2) is 0 Å². The van der Waals surface area contributed by atoms with Crippen LogP contribution >= 0.6 is 23.4 Å². The fraction of sp³-hybridized carbons (Fsp3) is 0.167. The van der Waals surface area contributed by atoms with Crippen molar-refractivity contribution in [1.29, 1.82) is 0 Å². The van der Waals surface area contributed by atoms with Gasteiger partial charge in [-0.2, -0.15) is 0 Å². The lowest BCUT2D eigenvalue weighted by molar-refractivity contribution is -0.113. The van der Waals surface area contributed by atoms with Crippen molar-refractivity contribution in [3.05, 3.63) is 69.2 Å². The minimum absolute atomic E-state index is 0.112. The summed E-state index contributed by atoms with van der Waals surface area (Å²) in [4.78, 5) is 31.2. The first-order chi connectivity index (χ1) is 12.0. The van der Waals surface area contributed by atoms with Gasteiger partial charge in [-0.3, -0.25) is 9.59 Å². The van der Waals surface area contributed by atoms with E-state index < -0.39 is 0 Å². The molecule has 0 saturated heterocycles. The van der Waals surface area contributed by atoms with Gasteiger partial charge < -0.3 is 10.3 Å². The standard InChI is InChI=1S/C18H16ClN3O2S/c1-11-8-12(19)6-7-14(11)21-17(23)10-25-9-16-20-15-5-3-2-4-13(15)18(24)22-16/h2-8H,9-10H2,1H3,(H,21,23)(H,20,22,24). The zero-order chi connectivity index (χ0) is 17.8. The van der Waals surface area contributed by atoms with Gasteiger partial charge in [0.05, 0.1) is 22.4 Å². The summed E-state index contributed by atoms with van der Waals surface area (Å²) in [6, 6.07) is 12.5. The number of fused-ring (bicyclic) bond motifs is 1. The van der Waals surface area contributed by atoms with Crippen molar-refractivity contribution in [2.24, 2.45) is 0 Å². The molecule has 2 aromatic carbocycles. The Morgan fingerprint density at radius 2 is 2.08 bits per heavy atom. The first-order valence-electron chi connectivity index (χ1n) is 7.64. The predicted molar refractivity (Wildman–Crippen MR) is 103 cm³/mol. The number of aryl methyl sites for hydroxylation is 1. The molecule has 0 aliphatic rings. The molecule has 0 unspecified atom stereocenters. The Bertz CT molecular complexity index is 987. The van der Waals surface area contributed by atoms with E-state index in [2.05, 4.69) is 15.3 Å². The number of carbonyl (C=O) groups is 1. The molecule has 1 amide bonds. The Balaban J connectivity index is 1.59. The fourth-order valence-corrected chi connectivity index (χ4v) is 3.31. The number of para-hydroxylation sites is 1. The topological polar surface area (TPSA) is 74.8 Å². The first kappa shape index (κ1) is 17.5. The maximum Gasteiger partial charge on any atom is 0.258 e. The number of aromatic nitrogens is 2. The van der Waals surface area contributed by atoms with Crippen molar-refractivity contribution < 1.29 is 4.79 Å². The average Bonchev–Trinajstić information content (AvgIpc) is 2.57. The van der Waals surface area contributed by atoms with Crippen molar-refractivity contribution >= 4 is 45.9 Å². The van der Waals surface area contributed by atoms with E-state index in [0.717, 1.165) is 11.3 Å². The van der Waals surface area contributed by atoms with E-state index in [1.54, 1.807) is 36.4 Å². The number of hydrogen-bond acceptors (Lipinski definition) is 4. The van der Waals surface area contributed by atoms with E-state index in [1.807, 2.05) is 13.0 Å². The SMILES string of the molecule is Cc1cc(Cl)ccc1NC(=O)CSCc1nc2ccccc2c(=O)[nH]1. The highest BCUT2D eigenvalue weighted by molar-refractivity contribution is 7.99. The van der Waals surface area contributed by atoms with Gasteiger partial charge in [0.2, 0.25) is 5.91 Å². The minimum Gasteiger partial charge on any atom is -0.325 e. The molecule has 0 spiro atoms. The quantitative estimate of drug-likeness (QED) is 0.714. The third kappa shape index (κ3) is 4.41. The van der Waals surface area contributed by atoms with E-state index in [-0.39, 0.29) is 17.2 Å². The number of nitrogens with one attached hydrogen (secondary N) is 2. The summed E-state index contributed by atoms with van der Waals surface area (Å²) < 4.78 is 0. The number of H-pyrrole nitrogens is 1. The van der Waals surface area contributed by atoms with Crippen molar-refractivity contribution in [1.82, 2.24) is 9.97 Å². The maximum atomic E-state index is 12.1. The molecule has 5 nitrogen and oxygen atoms in total. The summed E-state index contributed by atoms with van der Waals surface area (Å²) in [5.41, 5.74) is 2.14. The summed E-state index contributed by atoms with van der Waals surface area (Å²) in [5.74, 6) is 1.16. The second-order valence-corrected chi connectivity index (χ2v) is 6.95. The number of benzene rings is 2. The normalized spacial score (nSPS) is 10.8. The number of anilines is 1. The van der Waals surface area contributed by atoms with Crippen LogP contribution < -0.4 is 10.9 Å². The van der Waals surface area contributed by atoms with Crippen LogP contribution in [0.15, 0.2) is 47.3 Å². The molecule has 25 heavy (non-hydrogen) atoms. The van der Waals surface area contributed by atoms with E-state index >= 15 is 0 Å². The Morgan fingerprint density at radius 3 is 2.88 bits per heavy atom. The lowest BCUT2D eigenvalue weighted by atomic mass is 10.2. The summed E-state index contributed by atoms with van der Waals surface area (Å²) >= 11 is 7.30. The van der Waals surface area contributed by atoms with Gasteiger partial charge in [-0.1, -0.05) is 23.7 Å². The Labute approximate surface area is 153 Å². The van der Waals surface area contributed by atoms with Crippen LogP contribution in [-0.2, 0) is 10.5 Å². The molecule has 0 atom stereocenters. The van der Waals surface area contributed by atoms with E-state index in [0.29, 0.717) is 27.5 Å². The van der Waals surface area contributed by atoms with Crippen LogP contribution in [0.1, 0.15) is 11.4 Å². The predicted octanol–water partition coefficient (Wildman–Crippen LogP) is 3.76. The maximum absolute atomic E-state index is 12.1. The van der Waals surface area contributed by atoms with Crippen LogP contribution in [0.3, 0.4) is 0 Å². The van der Waals surface area contributed by atoms with Gasteiger partial charge in [-0.05, 0) is 42.8 Å². The molecule has 7 heteroatoms. The second-order valence-electron chi connectivity index (χ2n) is 5.53. The molecular weight excluding hydrogens is 358 g/mol. The van der Waals surface area contributed by atoms with Crippen molar-refractivity contribution in [2.45, 2.75) is 12.7 Å². The number of thioether (sulfide) groups is 1. The number of aromatic amines is 1. The first-order valence-corrected chi connectivity index (χ1v) is 9.18. The number of carbonyl (C=O) groups excluding carboxylic acids is 1. The highest BCUT2D eigenvalue weighted by atomic mass is 35.5. The molecule has 0 radical (unpaired) electrons. The zero-order valence-corrected chi connectivity index (χ0v) is 15.1. The third-order valence-corrected chi connectivity index (χ3v) is 4.78. The molecule has 1 heterocycles. The molecule has 3 aromatic rings. The van der Waals surface area contributed by atoms with Gasteiger partial charge >= 0.3 is 0 Å². The fourth-order valence-electron chi connectivity index (χ4n) is 2.40. The van der Waals surface area contributed by atoms with Gasteiger partial charge in [0.1, 0.15) is 5.82 Å². The number of nitrogens with zero attached hydrogens (tertiary/aromatic N) is 1. The monoisotopic (exact) mass is 373 g/mol.